The zero-order chi connectivity index (χ0) is 14.3. The SMILES string of the molecule is C#Cc1cnn(CCCCNC(=O)OC(C)(C)C)c1. The van der Waals surface area contributed by atoms with Gasteiger partial charge in [-0.25, -0.2) is 4.79 Å². The lowest BCUT2D eigenvalue weighted by Crippen LogP contribution is -2.33. The Morgan fingerprint density at radius 3 is 2.84 bits per heavy atom. The summed E-state index contributed by atoms with van der Waals surface area (Å²) >= 11 is 0. The van der Waals surface area contributed by atoms with E-state index in [1.54, 1.807) is 6.20 Å². The molecule has 0 aliphatic heterocycles. The van der Waals surface area contributed by atoms with Crippen LogP contribution in [0.15, 0.2) is 12.4 Å². The number of aryl methyl sites for hydroxylation is 1. The molecule has 0 aliphatic carbocycles. The van der Waals surface area contributed by atoms with E-state index >= 15 is 0 Å². The normalized spacial score (nSPS) is 10.8. The molecule has 0 saturated carbocycles. The Hall–Kier alpha value is -1.96. The van der Waals surface area contributed by atoms with Gasteiger partial charge in [0.2, 0.25) is 0 Å². The molecule has 0 spiro atoms. The van der Waals surface area contributed by atoms with E-state index in [1.807, 2.05) is 31.6 Å². The van der Waals surface area contributed by atoms with Crippen molar-refractivity contribution in [1.29, 1.82) is 0 Å². The van der Waals surface area contributed by atoms with Crippen LogP contribution in [0.3, 0.4) is 0 Å². The largest absolute Gasteiger partial charge is 0.444 e. The van der Waals surface area contributed by atoms with Crippen LogP contribution in [0.4, 0.5) is 4.79 Å². The van der Waals surface area contributed by atoms with Crippen LogP contribution in [0, 0.1) is 12.3 Å². The molecule has 0 aromatic carbocycles. The molecule has 0 bridgehead atoms. The summed E-state index contributed by atoms with van der Waals surface area (Å²) in [5.41, 5.74) is 0.331. The molecule has 0 saturated heterocycles. The summed E-state index contributed by atoms with van der Waals surface area (Å²) in [4.78, 5) is 11.4. The van der Waals surface area contributed by atoms with Gasteiger partial charge in [-0.3, -0.25) is 4.68 Å². The number of carbonyl (C=O) groups is 1. The third kappa shape index (κ3) is 6.51. The fraction of sp³-hybridized carbons (Fsp3) is 0.571. The average Bonchev–Trinajstić information content (AvgIpc) is 2.74. The lowest BCUT2D eigenvalue weighted by Gasteiger charge is -2.19. The topological polar surface area (TPSA) is 56.2 Å². The molecule has 0 fully saturated rings. The molecule has 5 heteroatoms. The van der Waals surface area contributed by atoms with Crippen LogP contribution >= 0.6 is 0 Å². The Balaban J connectivity index is 2.11. The van der Waals surface area contributed by atoms with E-state index in [4.69, 9.17) is 11.2 Å². The molecule has 0 aliphatic rings. The molecule has 0 unspecified atom stereocenters. The quantitative estimate of drug-likeness (QED) is 0.654. The number of aromatic nitrogens is 2. The van der Waals surface area contributed by atoms with Crippen molar-refractivity contribution in [3.63, 3.8) is 0 Å². The highest BCUT2D eigenvalue weighted by atomic mass is 16.6. The molecule has 5 nitrogen and oxygen atoms in total. The van der Waals surface area contributed by atoms with Crippen LogP contribution in [-0.4, -0.2) is 28.0 Å². The summed E-state index contributed by atoms with van der Waals surface area (Å²) in [5.74, 6) is 2.53. The maximum absolute atomic E-state index is 11.4. The maximum atomic E-state index is 11.4. The standard InChI is InChI=1S/C14H21N3O2/c1-5-12-10-16-17(11-12)9-7-6-8-15-13(18)19-14(2,3)4/h1,10-11H,6-9H2,2-4H3,(H,15,18). The number of ether oxygens (including phenoxy) is 1. The van der Waals surface area contributed by atoms with Gasteiger partial charge in [0.1, 0.15) is 5.60 Å². The van der Waals surface area contributed by atoms with Crippen LogP contribution in [0.2, 0.25) is 0 Å². The molecule has 19 heavy (non-hydrogen) atoms. The number of unbranched alkanes of at least 4 members (excludes halogenated alkanes) is 1. The molecule has 104 valence electrons. The Morgan fingerprint density at radius 2 is 2.26 bits per heavy atom. The van der Waals surface area contributed by atoms with Crippen molar-refractivity contribution in [2.45, 2.75) is 45.8 Å². The Morgan fingerprint density at radius 1 is 1.53 bits per heavy atom. The van der Waals surface area contributed by atoms with Gasteiger partial charge in [-0.1, -0.05) is 5.92 Å². The maximum Gasteiger partial charge on any atom is 0.407 e. The Bertz CT molecular complexity index is 452. The number of rotatable bonds is 5. The van der Waals surface area contributed by atoms with Crippen molar-refractivity contribution in [1.82, 2.24) is 15.1 Å². The van der Waals surface area contributed by atoms with Gasteiger partial charge in [-0.2, -0.15) is 5.10 Å². The van der Waals surface area contributed by atoms with Crippen LogP contribution < -0.4 is 5.32 Å². The van der Waals surface area contributed by atoms with E-state index in [9.17, 15) is 4.79 Å². The van der Waals surface area contributed by atoms with E-state index in [2.05, 4.69) is 16.3 Å². The van der Waals surface area contributed by atoms with Gasteiger partial charge in [-0.15, -0.1) is 6.42 Å². The van der Waals surface area contributed by atoms with Crippen molar-refractivity contribution in [3.05, 3.63) is 18.0 Å². The van der Waals surface area contributed by atoms with E-state index in [1.165, 1.54) is 0 Å². The molecule has 1 aromatic heterocycles. The van der Waals surface area contributed by atoms with E-state index < -0.39 is 5.60 Å². The first-order valence-electron chi connectivity index (χ1n) is 6.36. The highest BCUT2D eigenvalue weighted by molar-refractivity contribution is 5.67. The number of hydrogen-bond donors (Lipinski definition) is 1. The molecule has 1 amide bonds. The number of nitrogens with one attached hydrogen (secondary N) is 1. The lowest BCUT2D eigenvalue weighted by atomic mass is 10.2. The zero-order valence-corrected chi connectivity index (χ0v) is 11.8. The smallest absolute Gasteiger partial charge is 0.407 e. The molecule has 0 atom stereocenters. The van der Waals surface area contributed by atoms with Gasteiger partial charge < -0.3 is 10.1 Å². The minimum absolute atomic E-state index is 0.374. The van der Waals surface area contributed by atoms with E-state index in [-0.39, 0.29) is 6.09 Å². The third-order valence-electron chi connectivity index (χ3n) is 2.28. The average molecular weight is 263 g/mol. The summed E-state index contributed by atoms with van der Waals surface area (Å²) in [5, 5.41) is 6.85. The predicted octanol–water partition coefficient (Wildman–Crippen LogP) is 2.17. The molecule has 1 N–H and O–H groups in total. The minimum atomic E-state index is -0.454. The predicted molar refractivity (Wildman–Crippen MR) is 73.6 cm³/mol. The highest BCUT2D eigenvalue weighted by Gasteiger charge is 2.15. The summed E-state index contributed by atoms with van der Waals surface area (Å²) in [6.45, 7) is 6.91. The number of nitrogens with zero attached hydrogens (tertiary/aromatic N) is 2. The lowest BCUT2D eigenvalue weighted by molar-refractivity contribution is 0.0527. The number of amides is 1. The fourth-order valence-electron chi connectivity index (χ4n) is 1.46. The highest BCUT2D eigenvalue weighted by Crippen LogP contribution is 2.06. The van der Waals surface area contributed by atoms with Crippen LogP contribution in [0.5, 0.6) is 0 Å². The molecule has 1 aromatic rings. The summed E-state index contributed by atoms with van der Waals surface area (Å²) in [6, 6.07) is 0. The first-order chi connectivity index (χ1) is 8.90. The van der Waals surface area contributed by atoms with Crippen molar-refractivity contribution >= 4 is 6.09 Å². The minimum Gasteiger partial charge on any atom is -0.444 e. The van der Waals surface area contributed by atoms with Gasteiger partial charge in [0.25, 0.3) is 0 Å². The summed E-state index contributed by atoms with van der Waals surface area (Å²) < 4.78 is 6.94. The van der Waals surface area contributed by atoms with Crippen LogP contribution in [0.25, 0.3) is 0 Å². The summed E-state index contributed by atoms with van der Waals surface area (Å²) in [6.07, 6.45) is 10.2. The molecule has 0 radical (unpaired) electrons. The Kier molecular flexibility index (Phi) is 5.43. The first kappa shape index (κ1) is 15.1. The van der Waals surface area contributed by atoms with Gasteiger partial charge in [0.05, 0.1) is 11.8 Å². The number of hydrogen-bond acceptors (Lipinski definition) is 3. The van der Waals surface area contributed by atoms with Crippen molar-refractivity contribution in [3.8, 4) is 12.3 Å². The molecular weight excluding hydrogens is 242 g/mol. The molecule has 1 heterocycles. The van der Waals surface area contributed by atoms with Crippen LogP contribution in [0.1, 0.15) is 39.2 Å². The van der Waals surface area contributed by atoms with Gasteiger partial charge in [0.15, 0.2) is 0 Å². The zero-order valence-electron chi connectivity index (χ0n) is 11.8. The number of terminal acetylenes is 1. The van der Waals surface area contributed by atoms with Crippen molar-refractivity contribution < 1.29 is 9.53 Å². The van der Waals surface area contributed by atoms with Gasteiger partial charge in [0, 0.05) is 19.3 Å². The second-order valence-electron chi connectivity index (χ2n) is 5.27. The van der Waals surface area contributed by atoms with Crippen LogP contribution in [-0.2, 0) is 11.3 Å². The Labute approximate surface area is 114 Å². The van der Waals surface area contributed by atoms with E-state index in [0.717, 1.165) is 24.9 Å². The second-order valence-corrected chi connectivity index (χ2v) is 5.27. The number of alkyl carbamates (subject to hydrolysis) is 1. The fourth-order valence-corrected chi connectivity index (χ4v) is 1.46. The van der Waals surface area contributed by atoms with Crippen molar-refractivity contribution in [2.75, 3.05) is 6.54 Å². The third-order valence-corrected chi connectivity index (χ3v) is 2.28. The summed E-state index contributed by atoms with van der Waals surface area (Å²) in [7, 11) is 0. The second kappa shape index (κ2) is 6.83. The first-order valence-corrected chi connectivity index (χ1v) is 6.36. The monoisotopic (exact) mass is 263 g/mol. The molecule has 1 rings (SSSR count). The van der Waals surface area contributed by atoms with Gasteiger partial charge in [-0.05, 0) is 33.6 Å². The van der Waals surface area contributed by atoms with E-state index in [0.29, 0.717) is 6.54 Å². The molecular formula is C14H21N3O2. The van der Waals surface area contributed by atoms with Gasteiger partial charge >= 0.3 is 6.09 Å². The number of carbonyl (C=O) groups excluding carboxylic acids is 1. The van der Waals surface area contributed by atoms with Crippen molar-refractivity contribution in [2.24, 2.45) is 0 Å².